The second-order valence-corrected chi connectivity index (χ2v) is 7.17. The topological polar surface area (TPSA) is 29.5 Å². The average Bonchev–Trinajstić information content (AvgIpc) is 2.88. The Morgan fingerprint density at radius 1 is 1.25 bits per heavy atom. The molecule has 112 valence electrons. The lowest BCUT2D eigenvalue weighted by atomic mass is 9.86. The van der Waals surface area contributed by atoms with Gasteiger partial charge in [0.05, 0.1) is 6.10 Å². The number of hydrogen-bond acceptors (Lipinski definition) is 2. The van der Waals surface area contributed by atoms with Crippen molar-refractivity contribution in [3.8, 4) is 5.75 Å². The molecule has 0 radical (unpaired) electrons. The molecule has 1 aromatic carbocycles. The fraction of sp³-hybridized carbons (Fsp3) is 0.667. The van der Waals surface area contributed by atoms with Gasteiger partial charge in [-0.25, -0.2) is 0 Å². The fourth-order valence-electron chi connectivity index (χ4n) is 3.02. The average molecular weight is 276 g/mol. The van der Waals surface area contributed by atoms with Crippen LogP contribution in [-0.4, -0.2) is 17.8 Å². The highest BCUT2D eigenvalue weighted by Crippen LogP contribution is 2.33. The minimum atomic E-state index is -0.328. The summed E-state index contributed by atoms with van der Waals surface area (Å²) in [5.74, 6) is 1.35. The summed E-state index contributed by atoms with van der Waals surface area (Å²) in [5, 5.41) is 10.2. The minimum Gasteiger partial charge on any atom is -0.491 e. The highest BCUT2D eigenvalue weighted by atomic mass is 16.5. The first-order chi connectivity index (χ1) is 9.38. The van der Waals surface area contributed by atoms with Crippen LogP contribution in [0, 0.1) is 12.8 Å². The molecule has 0 saturated heterocycles. The van der Waals surface area contributed by atoms with E-state index < -0.39 is 0 Å². The molecule has 1 unspecified atom stereocenters. The Labute approximate surface area is 123 Å². The number of aliphatic hydroxyl groups is 1. The van der Waals surface area contributed by atoms with Crippen LogP contribution in [0.2, 0.25) is 0 Å². The molecule has 0 heterocycles. The summed E-state index contributed by atoms with van der Waals surface area (Å²) in [7, 11) is 0. The number of ether oxygens (including phenoxy) is 1. The van der Waals surface area contributed by atoms with Gasteiger partial charge in [0.15, 0.2) is 0 Å². The first-order valence-electron chi connectivity index (χ1n) is 7.80. The highest BCUT2D eigenvalue weighted by Gasteiger charge is 2.25. The van der Waals surface area contributed by atoms with Crippen LogP contribution < -0.4 is 4.74 Å². The third-order valence-corrected chi connectivity index (χ3v) is 4.30. The Hall–Kier alpha value is -1.02. The molecule has 2 heteroatoms. The summed E-state index contributed by atoms with van der Waals surface area (Å²) in [4.78, 5) is 0. The number of aryl methyl sites for hydroxylation is 1. The van der Waals surface area contributed by atoms with Gasteiger partial charge in [0, 0.05) is 0 Å². The molecule has 0 bridgehead atoms. The molecule has 1 saturated carbocycles. The van der Waals surface area contributed by atoms with Gasteiger partial charge in [-0.2, -0.15) is 0 Å². The van der Waals surface area contributed by atoms with E-state index in [-0.39, 0.29) is 11.5 Å². The monoisotopic (exact) mass is 276 g/mol. The van der Waals surface area contributed by atoms with Crippen LogP contribution >= 0.6 is 0 Å². The zero-order chi connectivity index (χ0) is 14.8. The number of benzene rings is 1. The first-order valence-corrected chi connectivity index (χ1v) is 7.80. The maximum atomic E-state index is 10.2. The van der Waals surface area contributed by atoms with E-state index in [0.29, 0.717) is 12.5 Å². The van der Waals surface area contributed by atoms with Crippen molar-refractivity contribution < 1.29 is 9.84 Å². The van der Waals surface area contributed by atoms with E-state index in [1.807, 2.05) is 0 Å². The lowest BCUT2D eigenvalue weighted by Gasteiger charge is -2.25. The molecule has 0 spiro atoms. The van der Waals surface area contributed by atoms with E-state index in [4.69, 9.17) is 4.74 Å². The van der Waals surface area contributed by atoms with Crippen LogP contribution in [0.15, 0.2) is 18.2 Å². The zero-order valence-electron chi connectivity index (χ0n) is 13.3. The maximum Gasteiger partial charge on any atom is 0.123 e. The van der Waals surface area contributed by atoms with Crippen molar-refractivity contribution in [1.82, 2.24) is 0 Å². The molecule has 2 rings (SSSR count). The SMILES string of the molecule is Cc1ccc(C(C)(C)C)c(OCC(O)C2CCCC2)c1. The Morgan fingerprint density at radius 2 is 1.90 bits per heavy atom. The molecular formula is C18H28O2. The Kier molecular flexibility index (Phi) is 4.74. The van der Waals surface area contributed by atoms with Gasteiger partial charge in [-0.15, -0.1) is 0 Å². The predicted molar refractivity (Wildman–Crippen MR) is 83.3 cm³/mol. The third-order valence-electron chi connectivity index (χ3n) is 4.30. The van der Waals surface area contributed by atoms with E-state index in [1.165, 1.54) is 24.0 Å². The first kappa shape index (κ1) is 15.4. The van der Waals surface area contributed by atoms with E-state index in [9.17, 15) is 5.11 Å². The molecule has 1 N–H and O–H groups in total. The molecule has 0 aliphatic heterocycles. The second kappa shape index (κ2) is 6.17. The van der Waals surface area contributed by atoms with Crippen LogP contribution in [0.1, 0.15) is 57.6 Å². The standard InChI is InChI=1S/C18H28O2/c1-13-9-10-15(18(2,3)4)17(11-13)20-12-16(19)14-7-5-6-8-14/h9-11,14,16,19H,5-8,12H2,1-4H3. The fourth-order valence-corrected chi connectivity index (χ4v) is 3.02. The van der Waals surface area contributed by atoms with E-state index >= 15 is 0 Å². The van der Waals surface area contributed by atoms with Gasteiger partial charge in [0.2, 0.25) is 0 Å². The van der Waals surface area contributed by atoms with Gasteiger partial charge in [-0.1, -0.05) is 45.7 Å². The molecule has 1 aliphatic rings. The van der Waals surface area contributed by atoms with Gasteiger partial charge < -0.3 is 9.84 Å². The van der Waals surface area contributed by atoms with Crippen molar-refractivity contribution in [1.29, 1.82) is 0 Å². The molecular weight excluding hydrogens is 248 g/mol. The van der Waals surface area contributed by atoms with Crippen LogP contribution in [0.5, 0.6) is 5.75 Å². The normalized spacial score (nSPS) is 18.2. The molecule has 0 aromatic heterocycles. The molecule has 1 fully saturated rings. The molecule has 0 amide bonds. The van der Waals surface area contributed by atoms with Gasteiger partial charge >= 0.3 is 0 Å². The van der Waals surface area contributed by atoms with Crippen LogP contribution in [0.3, 0.4) is 0 Å². The largest absolute Gasteiger partial charge is 0.491 e. The van der Waals surface area contributed by atoms with Crippen LogP contribution in [-0.2, 0) is 5.41 Å². The van der Waals surface area contributed by atoms with Crippen molar-refractivity contribution in [3.05, 3.63) is 29.3 Å². The van der Waals surface area contributed by atoms with Gasteiger partial charge in [0.25, 0.3) is 0 Å². The lowest BCUT2D eigenvalue weighted by molar-refractivity contribution is 0.0586. The number of hydrogen-bond donors (Lipinski definition) is 1. The summed E-state index contributed by atoms with van der Waals surface area (Å²) in [6.45, 7) is 9.07. The Balaban J connectivity index is 2.06. The molecule has 1 atom stereocenters. The summed E-state index contributed by atoms with van der Waals surface area (Å²) in [6, 6.07) is 6.36. The maximum absolute atomic E-state index is 10.2. The summed E-state index contributed by atoms with van der Waals surface area (Å²) in [5.41, 5.74) is 2.46. The third kappa shape index (κ3) is 3.76. The number of aliphatic hydroxyl groups excluding tert-OH is 1. The zero-order valence-corrected chi connectivity index (χ0v) is 13.3. The number of rotatable bonds is 4. The summed E-state index contributed by atoms with van der Waals surface area (Å²) >= 11 is 0. The van der Waals surface area contributed by atoms with Gasteiger partial charge in [0.1, 0.15) is 12.4 Å². The molecule has 20 heavy (non-hydrogen) atoms. The van der Waals surface area contributed by atoms with Crippen molar-refractivity contribution in [3.63, 3.8) is 0 Å². The Bertz CT molecular complexity index is 439. The smallest absolute Gasteiger partial charge is 0.123 e. The molecule has 1 aliphatic carbocycles. The minimum absolute atomic E-state index is 0.0569. The lowest BCUT2D eigenvalue weighted by Crippen LogP contribution is -2.26. The van der Waals surface area contributed by atoms with Crippen molar-refractivity contribution in [2.24, 2.45) is 5.92 Å². The highest BCUT2D eigenvalue weighted by molar-refractivity contribution is 5.41. The van der Waals surface area contributed by atoms with Crippen LogP contribution in [0.25, 0.3) is 0 Å². The van der Waals surface area contributed by atoms with Gasteiger partial charge in [-0.3, -0.25) is 0 Å². The van der Waals surface area contributed by atoms with E-state index in [1.54, 1.807) is 0 Å². The van der Waals surface area contributed by atoms with Crippen molar-refractivity contribution >= 4 is 0 Å². The predicted octanol–water partition coefficient (Wildman–Crippen LogP) is 4.22. The summed E-state index contributed by atoms with van der Waals surface area (Å²) in [6.07, 6.45) is 4.46. The summed E-state index contributed by atoms with van der Waals surface area (Å²) < 4.78 is 5.97. The molecule has 1 aromatic rings. The Morgan fingerprint density at radius 3 is 2.50 bits per heavy atom. The van der Waals surface area contributed by atoms with Crippen molar-refractivity contribution in [2.75, 3.05) is 6.61 Å². The van der Waals surface area contributed by atoms with E-state index in [0.717, 1.165) is 18.6 Å². The quantitative estimate of drug-likeness (QED) is 0.892. The second-order valence-electron chi connectivity index (χ2n) is 7.17. The van der Waals surface area contributed by atoms with Crippen LogP contribution in [0.4, 0.5) is 0 Å². The van der Waals surface area contributed by atoms with Gasteiger partial charge in [-0.05, 0) is 48.3 Å². The van der Waals surface area contributed by atoms with Crippen molar-refractivity contribution in [2.45, 2.75) is 64.9 Å². The molecule has 2 nitrogen and oxygen atoms in total. The van der Waals surface area contributed by atoms with E-state index in [2.05, 4.69) is 45.9 Å².